The number of carbonyl (C=O) groups is 1. The molecular formula is C10H19NO3. The molecule has 4 heteroatoms. The van der Waals surface area contributed by atoms with Gasteiger partial charge in [-0.15, -0.1) is 0 Å². The van der Waals surface area contributed by atoms with Crippen molar-refractivity contribution in [2.75, 3.05) is 13.7 Å². The largest absolute Gasteiger partial charge is 0.468 e. The molecule has 2 unspecified atom stereocenters. The zero-order valence-corrected chi connectivity index (χ0v) is 8.66. The highest BCUT2D eigenvalue weighted by atomic mass is 16.5. The van der Waals surface area contributed by atoms with E-state index < -0.39 is 0 Å². The summed E-state index contributed by atoms with van der Waals surface area (Å²) in [5.41, 5.74) is 0. The van der Waals surface area contributed by atoms with E-state index in [0.717, 1.165) is 25.7 Å². The second-order valence-electron chi connectivity index (χ2n) is 3.77. The van der Waals surface area contributed by atoms with Crippen LogP contribution in [0.5, 0.6) is 0 Å². The van der Waals surface area contributed by atoms with Crippen LogP contribution in [0.1, 0.15) is 32.1 Å². The Kier molecular flexibility index (Phi) is 4.90. The predicted octanol–water partition coefficient (Wildman–Crippen LogP) is 0.443. The Bertz CT molecular complexity index is 184. The maximum Gasteiger partial charge on any atom is 0.319 e. The van der Waals surface area contributed by atoms with Gasteiger partial charge in [-0.05, 0) is 12.8 Å². The van der Waals surface area contributed by atoms with Gasteiger partial charge in [-0.2, -0.15) is 0 Å². The average molecular weight is 201 g/mol. The van der Waals surface area contributed by atoms with Gasteiger partial charge in [0.25, 0.3) is 0 Å². The van der Waals surface area contributed by atoms with E-state index in [-0.39, 0.29) is 24.7 Å². The third-order valence-electron chi connectivity index (χ3n) is 2.72. The van der Waals surface area contributed by atoms with E-state index in [2.05, 4.69) is 10.1 Å². The van der Waals surface area contributed by atoms with E-state index in [0.29, 0.717) is 0 Å². The highest BCUT2D eigenvalue weighted by molar-refractivity contribution is 5.71. The number of methoxy groups -OCH3 is 1. The number of nitrogens with one attached hydrogen (secondary N) is 1. The summed E-state index contributed by atoms with van der Waals surface area (Å²) in [6, 6.07) is 0.0524. The van der Waals surface area contributed by atoms with Gasteiger partial charge in [-0.1, -0.05) is 19.3 Å². The molecule has 0 aromatic rings. The second kappa shape index (κ2) is 5.98. The van der Waals surface area contributed by atoms with Crippen LogP contribution in [0.2, 0.25) is 0 Å². The predicted molar refractivity (Wildman–Crippen MR) is 52.9 cm³/mol. The van der Waals surface area contributed by atoms with Crippen molar-refractivity contribution in [2.45, 2.75) is 44.2 Å². The van der Waals surface area contributed by atoms with E-state index in [9.17, 15) is 9.90 Å². The third kappa shape index (κ3) is 3.64. The molecule has 0 bridgehead atoms. The van der Waals surface area contributed by atoms with Gasteiger partial charge in [-0.25, -0.2) is 0 Å². The van der Waals surface area contributed by atoms with Gasteiger partial charge in [0.2, 0.25) is 0 Å². The van der Waals surface area contributed by atoms with Crippen LogP contribution in [0, 0.1) is 0 Å². The van der Waals surface area contributed by atoms with Crippen LogP contribution in [0.3, 0.4) is 0 Å². The first kappa shape index (κ1) is 11.5. The molecule has 0 aromatic heterocycles. The van der Waals surface area contributed by atoms with Crippen molar-refractivity contribution >= 4 is 5.97 Å². The zero-order valence-electron chi connectivity index (χ0n) is 8.66. The molecule has 1 fully saturated rings. The topological polar surface area (TPSA) is 58.6 Å². The highest BCUT2D eigenvalue weighted by Crippen LogP contribution is 2.17. The van der Waals surface area contributed by atoms with Crippen molar-refractivity contribution in [3.05, 3.63) is 0 Å². The van der Waals surface area contributed by atoms with Gasteiger partial charge in [0, 0.05) is 6.04 Å². The van der Waals surface area contributed by atoms with Crippen molar-refractivity contribution in [2.24, 2.45) is 0 Å². The number of esters is 1. The van der Waals surface area contributed by atoms with Crippen molar-refractivity contribution in [1.29, 1.82) is 0 Å². The standard InChI is InChI=1S/C10H19NO3/c1-14-10(13)7-11-8-5-3-2-4-6-9(8)12/h8-9,11-12H,2-7H2,1H3. The Hall–Kier alpha value is -0.610. The molecule has 2 N–H and O–H groups in total. The van der Waals surface area contributed by atoms with Gasteiger partial charge in [0.1, 0.15) is 0 Å². The summed E-state index contributed by atoms with van der Waals surface area (Å²) >= 11 is 0. The molecule has 0 heterocycles. The molecule has 0 aliphatic heterocycles. The maximum atomic E-state index is 10.9. The highest BCUT2D eigenvalue weighted by Gasteiger charge is 2.21. The van der Waals surface area contributed by atoms with Crippen LogP contribution < -0.4 is 5.32 Å². The Morgan fingerprint density at radius 3 is 2.86 bits per heavy atom. The molecule has 4 nitrogen and oxygen atoms in total. The Balaban J connectivity index is 2.29. The number of ether oxygens (including phenoxy) is 1. The van der Waals surface area contributed by atoms with Gasteiger partial charge in [-0.3, -0.25) is 4.79 Å². The minimum atomic E-state index is -0.317. The molecule has 1 rings (SSSR count). The quantitative estimate of drug-likeness (QED) is 0.514. The second-order valence-corrected chi connectivity index (χ2v) is 3.77. The summed E-state index contributed by atoms with van der Waals surface area (Å²) in [7, 11) is 1.37. The molecular weight excluding hydrogens is 182 g/mol. The average Bonchev–Trinajstić information content (AvgIpc) is 2.39. The molecule has 0 spiro atoms. The Morgan fingerprint density at radius 2 is 2.14 bits per heavy atom. The smallest absolute Gasteiger partial charge is 0.319 e. The molecule has 0 amide bonds. The van der Waals surface area contributed by atoms with Crippen LogP contribution in [0.25, 0.3) is 0 Å². The fourth-order valence-electron chi connectivity index (χ4n) is 1.81. The van der Waals surface area contributed by atoms with Crippen LogP contribution in [0.15, 0.2) is 0 Å². The Labute approximate surface area is 84.6 Å². The van der Waals surface area contributed by atoms with Crippen molar-refractivity contribution in [1.82, 2.24) is 5.32 Å². The van der Waals surface area contributed by atoms with Gasteiger partial charge in [0.05, 0.1) is 19.8 Å². The van der Waals surface area contributed by atoms with E-state index in [4.69, 9.17) is 0 Å². The summed E-state index contributed by atoms with van der Waals surface area (Å²) in [5.74, 6) is -0.276. The summed E-state index contributed by atoms with van der Waals surface area (Å²) in [5, 5.41) is 12.8. The number of aliphatic hydroxyl groups excluding tert-OH is 1. The lowest BCUT2D eigenvalue weighted by Gasteiger charge is -2.20. The number of hydrogen-bond acceptors (Lipinski definition) is 4. The molecule has 0 aromatic carbocycles. The van der Waals surface area contributed by atoms with Gasteiger partial charge >= 0.3 is 5.97 Å². The summed E-state index contributed by atoms with van der Waals surface area (Å²) in [6.45, 7) is 0.193. The minimum Gasteiger partial charge on any atom is -0.468 e. The third-order valence-corrected chi connectivity index (χ3v) is 2.72. The summed E-state index contributed by atoms with van der Waals surface area (Å²) in [4.78, 5) is 10.9. The number of aliphatic hydroxyl groups is 1. The van der Waals surface area contributed by atoms with E-state index >= 15 is 0 Å². The van der Waals surface area contributed by atoms with Gasteiger partial charge < -0.3 is 15.2 Å². The number of hydrogen-bond donors (Lipinski definition) is 2. The molecule has 1 aliphatic rings. The van der Waals surface area contributed by atoms with Crippen LogP contribution >= 0.6 is 0 Å². The molecule has 14 heavy (non-hydrogen) atoms. The van der Waals surface area contributed by atoms with Crippen molar-refractivity contribution in [3.63, 3.8) is 0 Å². The lowest BCUT2D eigenvalue weighted by Crippen LogP contribution is -2.41. The first-order valence-electron chi connectivity index (χ1n) is 5.22. The molecule has 1 saturated carbocycles. The normalized spacial score (nSPS) is 28.1. The van der Waals surface area contributed by atoms with Crippen LogP contribution in [-0.2, 0) is 9.53 Å². The minimum absolute atomic E-state index is 0.0524. The number of rotatable bonds is 3. The molecule has 2 atom stereocenters. The zero-order chi connectivity index (χ0) is 10.4. The molecule has 0 saturated heterocycles. The van der Waals surface area contributed by atoms with E-state index in [1.807, 2.05) is 0 Å². The van der Waals surface area contributed by atoms with E-state index in [1.165, 1.54) is 13.5 Å². The molecule has 0 radical (unpaired) electrons. The fourth-order valence-corrected chi connectivity index (χ4v) is 1.81. The summed E-state index contributed by atoms with van der Waals surface area (Å²) in [6.07, 6.45) is 4.83. The first-order valence-corrected chi connectivity index (χ1v) is 5.22. The van der Waals surface area contributed by atoms with Crippen molar-refractivity contribution in [3.8, 4) is 0 Å². The lowest BCUT2D eigenvalue weighted by molar-refractivity contribution is -0.139. The van der Waals surface area contributed by atoms with Crippen LogP contribution in [0.4, 0.5) is 0 Å². The SMILES string of the molecule is COC(=O)CNC1CCCCCC1O. The first-order chi connectivity index (χ1) is 6.74. The Morgan fingerprint density at radius 1 is 1.43 bits per heavy atom. The van der Waals surface area contributed by atoms with Crippen molar-refractivity contribution < 1.29 is 14.6 Å². The fraction of sp³-hybridized carbons (Fsp3) is 0.900. The van der Waals surface area contributed by atoms with E-state index in [1.54, 1.807) is 0 Å². The summed E-state index contributed by atoms with van der Waals surface area (Å²) < 4.78 is 4.52. The van der Waals surface area contributed by atoms with Gasteiger partial charge in [0.15, 0.2) is 0 Å². The van der Waals surface area contributed by atoms with Crippen LogP contribution in [-0.4, -0.2) is 36.9 Å². The monoisotopic (exact) mass is 201 g/mol. The molecule has 1 aliphatic carbocycles. The number of carbonyl (C=O) groups excluding carboxylic acids is 1. The maximum absolute atomic E-state index is 10.9. The lowest BCUT2D eigenvalue weighted by atomic mass is 10.1. The molecule has 82 valence electrons.